The molecule has 3 aromatic rings. The second kappa shape index (κ2) is 8.57. The number of nitrogens with one attached hydrogen (secondary N) is 2. The van der Waals surface area contributed by atoms with Crippen molar-refractivity contribution in [3.05, 3.63) is 42.7 Å². The van der Waals surface area contributed by atoms with Gasteiger partial charge in [0, 0.05) is 36.2 Å². The summed E-state index contributed by atoms with van der Waals surface area (Å²) < 4.78 is 1.81. The van der Waals surface area contributed by atoms with E-state index in [1.165, 1.54) is 0 Å². The minimum Gasteiger partial charge on any atom is -0.392 e. The van der Waals surface area contributed by atoms with Gasteiger partial charge < -0.3 is 15.7 Å². The van der Waals surface area contributed by atoms with E-state index in [1.807, 2.05) is 41.2 Å². The average molecular weight is 394 g/mol. The topological polar surface area (TPSA) is 105 Å². The first-order chi connectivity index (χ1) is 14.1. The maximum absolute atomic E-state index is 12.2. The number of anilines is 1. The molecule has 0 bridgehead atoms. The molecule has 1 amide bonds. The standard InChI is InChI=1S/C21H26N6O2/c1-14(28)12-23-20(29)15-6-8-17(9-7-15)25-21-22-11-10-19(26-21)27-18-5-3-2-4-16(18)13-24-27/h2-5,10-11,13-15,17,28H,6-9,12H2,1H3,(H,23,29)(H,22,25,26)/t14?,15-,17-. The number of rotatable bonds is 6. The first-order valence-electron chi connectivity index (χ1n) is 10.1. The maximum Gasteiger partial charge on any atom is 0.224 e. The van der Waals surface area contributed by atoms with Gasteiger partial charge in [-0.2, -0.15) is 10.1 Å². The normalized spacial score (nSPS) is 20.3. The monoisotopic (exact) mass is 394 g/mol. The van der Waals surface area contributed by atoms with Gasteiger partial charge in [-0.15, -0.1) is 0 Å². The van der Waals surface area contributed by atoms with E-state index in [9.17, 15) is 9.90 Å². The van der Waals surface area contributed by atoms with Crippen LogP contribution in [0.5, 0.6) is 0 Å². The van der Waals surface area contributed by atoms with E-state index in [2.05, 4.69) is 25.7 Å². The Hall–Kier alpha value is -3.00. The number of aromatic nitrogens is 4. The van der Waals surface area contributed by atoms with Gasteiger partial charge in [-0.1, -0.05) is 18.2 Å². The van der Waals surface area contributed by atoms with Gasteiger partial charge in [0.15, 0.2) is 5.82 Å². The van der Waals surface area contributed by atoms with Crippen LogP contribution in [-0.4, -0.2) is 49.5 Å². The zero-order chi connectivity index (χ0) is 20.2. The number of carbonyl (C=O) groups excluding carboxylic acids is 1. The molecule has 2 heterocycles. The van der Waals surface area contributed by atoms with E-state index in [0.29, 0.717) is 12.5 Å². The van der Waals surface area contributed by atoms with Gasteiger partial charge >= 0.3 is 0 Å². The van der Waals surface area contributed by atoms with E-state index in [0.717, 1.165) is 42.4 Å². The van der Waals surface area contributed by atoms with Gasteiger partial charge in [0.05, 0.1) is 17.8 Å². The largest absolute Gasteiger partial charge is 0.392 e. The Morgan fingerprint density at radius 1 is 1.24 bits per heavy atom. The van der Waals surface area contributed by atoms with E-state index in [4.69, 9.17) is 0 Å². The van der Waals surface area contributed by atoms with Crippen molar-refractivity contribution >= 4 is 22.8 Å². The number of para-hydroxylation sites is 1. The zero-order valence-corrected chi connectivity index (χ0v) is 16.5. The highest BCUT2D eigenvalue weighted by Gasteiger charge is 2.26. The maximum atomic E-state index is 12.2. The highest BCUT2D eigenvalue weighted by molar-refractivity contribution is 5.80. The van der Waals surface area contributed by atoms with Crippen molar-refractivity contribution in [3.8, 4) is 5.82 Å². The molecule has 1 saturated carbocycles. The van der Waals surface area contributed by atoms with Crippen LogP contribution in [0.15, 0.2) is 42.7 Å². The molecular weight excluding hydrogens is 368 g/mol. The van der Waals surface area contributed by atoms with Gasteiger partial charge in [-0.25, -0.2) is 9.67 Å². The lowest BCUT2D eigenvalue weighted by molar-refractivity contribution is -0.126. The summed E-state index contributed by atoms with van der Waals surface area (Å²) in [5.41, 5.74) is 1.00. The smallest absolute Gasteiger partial charge is 0.224 e. The van der Waals surface area contributed by atoms with Gasteiger partial charge in [0.2, 0.25) is 11.9 Å². The number of hydrogen-bond donors (Lipinski definition) is 3. The second-order valence-corrected chi connectivity index (χ2v) is 7.64. The van der Waals surface area contributed by atoms with Crippen LogP contribution in [0.1, 0.15) is 32.6 Å². The Morgan fingerprint density at radius 3 is 2.83 bits per heavy atom. The van der Waals surface area contributed by atoms with Gasteiger partial charge in [0.25, 0.3) is 0 Å². The molecule has 1 aliphatic carbocycles. The van der Waals surface area contributed by atoms with Crippen LogP contribution in [0, 0.1) is 5.92 Å². The van der Waals surface area contributed by atoms with Crippen LogP contribution in [0.25, 0.3) is 16.7 Å². The van der Waals surface area contributed by atoms with Crippen molar-refractivity contribution in [2.45, 2.75) is 44.8 Å². The molecule has 29 heavy (non-hydrogen) atoms. The lowest BCUT2D eigenvalue weighted by Gasteiger charge is -2.28. The summed E-state index contributed by atoms with van der Waals surface area (Å²) in [4.78, 5) is 21.2. The quantitative estimate of drug-likeness (QED) is 0.592. The van der Waals surface area contributed by atoms with E-state index in [-0.39, 0.29) is 17.9 Å². The molecule has 0 aliphatic heterocycles. The van der Waals surface area contributed by atoms with Gasteiger partial charge in [0.1, 0.15) is 0 Å². The van der Waals surface area contributed by atoms with E-state index < -0.39 is 6.10 Å². The lowest BCUT2D eigenvalue weighted by Crippen LogP contribution is -2.38. The number of aliphatic hydroxyl groups is 1. The Labute approximate surface area is 169 Å². The van der Waals surface area contributed by atoms with Crippen molar-refractivity contribution in [2.24, 2.45) is 5.92 Å². The van der Waals surface area contributed by atoms with Crippen LogP contribution >= 0.6 is 0 Å². The summed E-state index contributed by atoms with van der Waals surface area (Å²) in [6.45, 7) is 1.97. The summed E-state index contributed by atoms with van der Waals surface area (Å²) in [7, 11) is 0. The van der Waals surface area contributed by atoms with Crippen molar-refractivity contribution in [1.82, 2.24) is 25.1 Å². The van der Waals surface area contributed by atoms with Crippen molar-refractivity contribution in [2.75, 3.05) is 11.9 Å². The third kappa shape index (κ3) is 4.54. The summed E-state index contributed by atoms with van der Waals surface area (Å²) in [6, 6.07) is 10.1. The van der Waals surface area contributed by atoms with Crippen molar-refractivity contribution in [3.63, 3.8) is 0 Å². The fraction of sp³-hybridized carbons (Fsp3) is 0.429. The predicted molar refractivity (Wildman–Crippen MR) is 111 cm³/mol. The molecular formula is C21H26N6O2. The number of benzene rings is 1. The zero-order valence-electron chi connectivity index (χ0n) is 16.5. The molecule has 1 aromatic carbocycles. The molecule has 0 saturated heterocycles. The number of amides is 1. The molecule has 152 valence electrons. The fourth-order valence-corrected chi connectivity index (χ4v) is 3.77. The highest BCUT2D eigenvalue weighted by atomic mass is 16.3. The van der Waals surface area contributed by atoms with Crippen LogP contribution in [0.4, 0.5) is 5.95 Å². The number of carbonyl (C=O) groups is 1. The molecule has 1 unspecified atom stereocenters. The molecule has 3 N–H and O–H groups in total. The Bertz CT molecular complexity index is 978. The minimum atomic E-state index is -0.520. The Balaban J connectivity index is 1.38. The predicted octanol–water partition coefficient (Wildman–Crippen LogP) is 2.28. The summed E-state index contributed by atoms with van der Waals surface area (Å²) in [5.74, 6) is 1.33. The van der Waals surface area contributed by atoms with Gasteiger partial charge in [-0.3, -0.25) is 4.79 Å². The third-order valence-corrected chi connectivity index (χ3v) is 5.34. The van der Waals surface area contributed by atoms with Crippen molar-refractivity contribution < 1.29 is 9.90 Å². The van der Waals surface area contributed by atoms with Crippen LogP contribution in [-0.2, 0) is 4.79 Å². The third-order valence-electron chi connectivity index (χ3n) is 5.34. The summed E-state index contributed by atoms with van der Waals surface area (Å²) in [5, 5.41) is 21.0. The first-order valence-corrected chi connectivity index (χ1v) is 10.1. The van der Waals surface area contributed by atoms with E-state index >= 15 is 0 Å². The van der Waals surface area contributed by atoms with Crippen LogP contribution in [0.2, 0.25) is 0 Å². The molecule has 1 aliphatic rings. The molecule has 1 fully saturated rings. The highest BCUT2D eigenvalue weighted by Crippen LogP contribution is 2.26. The van der Waals surface area contributed by atoms with Crippen LogP contribution < -0.4 is 10.6 Å². The van der Waals surface area contributed by atoms with E-state index in [1.54, 1.807) is 13.1 Å². The number of fused-ring (bicyclic) bond motifs is 1. The molecule has 8 heteroatoms. The summed E-state index contributed by atoms with van der Waals surface area (Å²) in [6.07, 6.45) is 6.42. The summed E-state index contributed by atoms with van der Waals surface area (Å²) >= 11 is 0. The molecule has 0 radical (unpaired) electrons. The lowest BCUT2D eigenvalue weighted by atomic mass is 9.85. The second-order valence-electron chi connectivity index (χ2n) is 7.64. The average Bonchev–Trinajstić information content (AvgIpc) is 3.17. The molecule has 0 spiro atoms. The fourth-order valence-electron chi connectivity index (χ4n) is 3.77. The molecule has 8 nitrogen and oxygen atoms in total. The van der Waals surface area contributed by atoms with Crippen LogP contribution in [0.3, 0.4) is 0 Å². The number of aliphatic hydroxyl groups excluding tert-OH is 1. The number of hydrogen-bond acceptors (Lipinski definition) is 6. The van der Waals surface area contributed by atoms with Gasteiger partial charge in [-0.05, 0) is 38.7 Å². The molecule has 1 atom stereocenters. The Kier molecular flexibility index (Phi) is 5.71. The molecule has 4 rings (SSSR count). The number of nitrogens with zero attached hydrogens (tertiary/aromatic N) is 4. The van der Waals surface area contributed by atoms with Crippen molar-refractivity contribution in [1.29, 1.82) is 0 Å². The molecule has 2 aromatic heterocycles. The Morgan fingerprint density at radius 2 is 2.03 bits per heavy atom. The SMILES string of the molecule is CC(O)CNC(=O)[C@H]1CC[C@H](Nc2nccc(-n3ncc4ccccc43)n2)CC1. The first kappa shape index (κ1) is 19.3. The minimum absolute atomic E-state index is 0.00879.